The zero-order chi connectivity index (χ0) is 30.6. The maximum atomic E-state index is 14.6. The number of carbonyl (C=O) groups excluding carboxylic acids is 3. The predicted molar refractivity (Wildman–Crippen MR) is 151 cm³/mol. The molecule has 1 aliphatic carbocycles. The van der Waals surface area contributed by atoms with Gasteiger partial charge in [0.1, 0.15) is 17.1 Å². The third-order valence-corrected chi connectivity index (χ3v) is 8.09. The molecule has 6 rings (SSSR count). The lowest BCUT2D eigenvalue weighted by Crippen LogP contribution is -2.42. The number of hydrogen-bond donors (Lipinski definition) is 3. The molecule has 0 saturated carbocycles. The highest BCUT2D eigenvalue weighted by atomic mass is 19.1. The van der Waals surface area contributed by atoms with E-state index >= 15 is 0 Å². The first-order chi connectivity index (χ1) is 20.4. The number of carbonyl (C=O) groups is 4. The van der Waals surface area contributed by atoms with Crippen molar-refractivity contribution in [1.82, 2.24) is 25.2 Å². The highest BCUT2D eigenvalue weighted by Gasteiger charge is 2.35. The van der Waals surface area contributed by atoms with E-state index in [-0.39, 0.29) is 41.3 Å². The molecule has 3 N–H and O–H groups in total. The van der Waals surface area contributed by atoms with Crippen molar-refractivity contribution < 1.29 is 33.4 Å². The topological polar surface area (TPSA) is 152 Å². The molecule has 0 fully saturated rings. The molecule has 2 amide bonds. The first-order valence-corrected chi connectivity index (χ1v) is 13.8. The van der Waals surface area contributed by atoms with Gasteiger partial charge in [-0.2, -0.15) is 5.10 Å². The van der Waals surface area contributed by atoms with Crippen LogP contribution in [0.25, 0.3) is 5.65 Å². The number of carboxylic acids is 1. The van der Waals surface area contributed by atoms with E-state index in [1.54, 1.807) is 45.0 Å². The number of benzene rings is 2. The number of ketones is 1. The second-order valence-corrected chi connectivity index (χ2v) is 11.3. The lowest BCUT2D eigenvalue weighted by molar-refractivity contribution is -0.132. The van der Waals surface area contributed by atoms with Crippen LogP contribution in [0.1, 0.15) is 85.5 Å². The van der Waals surface area contributed by atoms with E-state index in [1.807, 2.05) is 0 Å². The number of nitrogens with one attached hydrogen (secondary N) is 2. The van der Waals surface area contributed by atoms with Gasteiger partial charge in [-0.15, -0.1) is 0 Å². The monoisotopic (exact) mass is 585 g/mol. The molecule has 1 aliphatic heterocycles. The smallest absolute Gasteiger partial charge is 0.335 e. The molecule has 2 aromatic heterocycles. The minimum Gasteiger partial charge on any atom is -0.480 e. The molecule has 0 unspecified atom stereocenters. The fraction of sp³-hybridized carbons (Fsp3) is 0.290. The summed E-state index contributed by atoms with van der Waals surface area (Å²) in [5, 5.41) is 19.0. The van der Waals surface area contributed by atoms with Gasteiger partial charge in [-0.3, -0.25) is 14.4 Å². The van der Waals surface area contributed by atoms with Crippen LogP contribution < -0.4 is 15.4 Å². The summed E-state index contributed by atoms with van der Waals surface area (Å²) in [7, 11) is 0. The van der Waals surface area contributed by atoms with Crippen LogP contribution in [0.2, 0.25) is 0 Å². The Kier molecular flexibility index (Phi) is 6.71. The maximum absolute atomic E-state index is 14.6. The molecule has 0 bridgehead atoms. The number of fused-ring (bicyclic) bond motifs is 3. The summed E-state index contributed by atoms with van der Waals surface area (Å²) >= 11 is 0. The molecule has 11 nitrogen and oxygen atoms in total. The lowest BCUT2D eigenvalue weighted by atomic mass is 9.92. The van der Waals surface area contributed by atoms with Crippen molar-refractivity contribution in [1.29, 1.82) is 0 Å². The number of aromatic carboxylic acids is 1. The molecule has 1 atom stereocenters. The minimum absolute atomic E-state index is 0.0476. The van der Waals surface area contributed by atoms with Crippen molar-refractivity contribution in [2.45, 2.75) is 58.2 Å². The van der Waals surface area contributed by atoms with Crippen LogP contribution in [0.3, 0.4) is 0 Å². The Morgan fingerprint density at radius 1 is 1.16 bits per heavy atom. The molecule has 0 spiro atoms. The first kappa shape index (κ1) is 28.0. The van der Waals surface area contributed by atoms with Crippen LogP contribution in [-0.4, -0.2) is 48.9 Å². The average molecular weight is 586 g/mol. The normalized spacial score (nSPS) is 16.7. The molecular formula is C31H28FN5O6. The molecule has 220 valence electrons. The van der Waals surface area contributed by atoms with Gasteiger partial charge in [-0.05, 0) is 74.1 Å². The Labute approximate surface area is 245 Å². The second-order valence-electron chi connectivity index (χ2n) is 11.3. The van der Waals surface area contributed by atoms with E-state index in [2.05, 4.69) is 20.7 Å². The van der Waals surface area contributed by atoms with Gasteiger partial charge in [0.15, 0.2) is 22.8 Å². The highest BCUT2D eigenvalue weighted by molar-refractivity contribution is 5.98. The second kappa shape index (κ2) is 10.3. The summed E-state index contributed by atoms with van der Waals surface area (Å²) in [6, 6.07) is 9.38. The van der Waals surface area contributed by atoms with Gasteiger partial charge in [0, 0.05) is 24.6 Å². The molecule has 3 heterocycles. The van der Waals surface area contributed by atoms with Gasteiger partial charge < -0.3 is 20.5 Å². The third-order valence-electron chi connectivity index (χ3n) is 8.09. The van der Waals surface area contributed by atoms with E-state index < -0.39 is 35.2 Å². The molecule has 4 aromatic rings. The molecule has 43 heavy (non-hydrogen) atoms. The van der Waals surface area contributed by atoms with Crippen LogP contribution in [0.5, 0.6) is 5.75 Å². The fourth-order valence-electron chi connectivity index (χ4n) is 5.68. The highest BCUT2D eigenvalue weighted by Crippen LogP contribution is 2.35. The number of Topliss-reactive ketones (excluding diaryl/α,β-unsaturated/α-hetero) is 1. The zero-order valence-electron chi connectivity index (χ0n) is 23.7. The van der Waals surface area contributed by atoms with Crippen LogP contribution in [-0.2, 0) is 24.2 Å². The molecular weight excluding hydrogens is 557 g/mol. The van der Waals surface area contributed by atoms with Gasteiger partial charge in [0.05, 0.1) is 17.8 Å². The van der Waals surface area contributed by atoms with Crippen LogP contribution >= 0.6 is 0 Å². The van der Waals surface area contributed by atoms with E-state index in [0.29, 0.717) is 24.2 Å². The predicted octanol–water partition coefficient (Wildman–Crippen LogP) is 3.50. The van der Waals surface area contributed by atoms with Crippen molar-refractivity contribution in [3.05, 3.63) is 93.2 Å². The molecule has 0 saturated heterocycles. The van der Waals surface area contributed by atoms with Crippen molar-refractivity contribution in [3.63, 3.8) is 0 Å². The number of carboxylic acid groups (broad SMARTS) is 1. The summed E-state index contributed by atoms with van der Waals surface area (Å²) in [5.74, 6) is -2.47. The van der Waals surface area contributed by atoms with Crippen LogP contribution in [0, 0.1) is 12.7 Å². The molecule has 12 heteroatoms. The Bertz CT molecular complexity index is 1860. The first-order valence-electron chi connectivity index (χ1n) is 13.8. The summed E-state index contributed by atoms with van der Waals surface area (Å²) in [6.07, 6.45) is 2.27. The number of aromatic nitrogens is 3. The molecule has 2 aliphatic rings. The Morgan fingerprint density at radius 2 is 1.95 bits per heavy atom. The van der Waals surface area contributed by atoms with E-state index in [0.717, 1.165) is 33.0 Å². The Hall–Kier alpha value is -5.13. The van der Waals surface area contributed by atoms with Gasteiger partial charge in [-0.1, -0.05) is 12.1 Å². The summed E-state index contributed by atoms with van der Waals surface area (Å²) in [6.45, 7) is 5.28. The Morgan fingerprint density at radius 3 is 2.72 bits per heavy atom. The number of hydrogen-bond acceptors (Lipinski definition) is 7. The number of amides is 2. The van der Waals surface area contributed by atoms with E-state index in [1.165, 1.54) is 12.1 Å². The van der Waals surface area contributed by atoms with Crippen molar-refractivity contribution in [2.75, 3.05) is 0 Å². The van der Waals surface area contributed by atoms with Gasteiger partial charge in [0.25, 0.3) is 11.8 Å². The van der Waals surface area contributed by atoms with Gasteiger partial charge >= 0.3 is 5.97 Å². The number of rotatable bonds is 6. The molecule has 0 radical (unpaired) electrons. The van der Waals surface area contributed by atoms with Crippen LogP contribution in [0.4, 0.5) is 4.39 Å². The van der Waals surface area contributed by atoms with Crippen LogP contribution in [0.15, 0.2) is 42.6 Å². The van der Waals surface area contributed by atoms with Crippen molar-refractivity contribution >= 4 is 29.2 Å². The standard InChI is InChI=1S/C31H28FN5O6/c1-15-18-7-8-22(20(18)6-5-19(15)30(41)42)36-29(40)24-12-23(35-27-21(32)14-34-37(24)27)28(39)33-13-16-4-9-25-17(10-16)11-26(38)31(2,3)43-25/h4-6,9-10,12,14,22H,7-8,11,13H2,1-3H3,(H,33,39)(H,36,40)(H,41,42)/t22-/m0/s1. The van der Waals surface area contributed by atoms with E-state index in [4.69, 9.17) is 4.74 Å². The Balaban J connectivity index is 1.22. The minimum atomic E-state index is -1.02. The van der Waals surface area contributed by atoms with Crippen molar-refractivity contribution in [2.24, 2.45) is 0 Å². The lowest BCUT2D eigenvalue weighted by Gasteiger charge is -2.31. The van der Waals surface area contributed by atoms with Gasteiger partial charge in [-0.25, -0.2) is 18.7 Å². The summed E-state index contributed by atoms with van der Waals surface area (Å²) in [4.78, 5) is 54.6. The zero-order valence-corrected chi connectivity index (χ0v) is 23.7. The summed E-state index contributed by atoms with van der Waals surface area (Å²) < 4.78 is 21.4. The number of nitrogens with zero attached hydrogens (tertiary/aromatic N) is 3. The third kappa shape index (κ3) is 4.98. The van der Waals surface area contributed by atoms with E-state index in [9.17, 15) is 28.7 Å². The fourth-order valence-corrected chi connectivity index (χ4v) is 5.68. The maximum Gasteiger partial charge on any atom is 0.335 e. The number of ether oxygens (including phenoxy) is 1. The quantitative estimate of drug-likeness (QED) is 0.311. The largest absolute Gasteiger partial charge is 0.480 e. The SMILES string of the molecule is Cc1c(C(=O)O)ccc2c1CC[C@@H]2NC(=O)c1cc(C(=O)NCc2ccc3c(c2)CC(=O)C(C)(C)O3)nc2c(F)cnn12. The van der Waals surface area contributed by atoms with Crippen molar-refractivity contribution in [3.8, 4) is 5.75 Å². The average Bonchev–Trinajstić information content (AvgIpc) is 3.55. The summed E-state index contributed by atoms with van der Waals surface area (Å²) in [5.41, 5.74) is 2.56. The van der Waals surface area contributed by atoms with Gasteiger partial charge in [0.2, 0.25) is 0 Å². The number of halogens is 1. The molecule has 2 aromatic carbocycles.